The summed E-state index contributed by atoms with van der Waals surface area (Å²) in [5.74, 6) is -0.588. The van der Waals surface area contributed by atoms with Crippen LogP contribution in [0.2, 0.25) is 5.02 Å². The van der Waals surface area contributed by atoms with Gasteiger partial charge in [0.25, 0.3) is 0 Å². The number of rotatable bonds is 5. The number of fused-ring (bicyclic) bond motifs is 1. The molecule has 0 aliphatic carbocycles. The minimum atomic E-state index is -0.549. The predicted octanol–water partition coefficient (Wildman–Crippen LogP) is 3.82. The molecule has 10 heteroatoms. The highest BCUT2D eigenvalue weighted by Gasteiger charge is 2.33. The van der Waals surface area contributed by atoms with Crippen LogP contribution in [0.4, 0.5) is 26.2 Å². The molecule has 2 aliphatic heterocycles. The van der Waals surface area contributed by atoms with Crippen molar-refractivity contribution in [2.45, 2.75) is 13.0 Å². The highest BCUT2D eigenvalue weighted by Crippen LogP contribution is 2.31. The van der Waals surface area contributed by atoms with Gasteiger partial charge in [0.2, 0.25) is 5.91 Å². The largest absolute Gasteiger partial charge is 0.442 e. The van der Waals surface area contributed by atoms with Gasteiger partial charge < -0.3 is 19.9 Å². The highest BCUT2D eigenvalue weighted by molar-refractivity contribution is 6.31. The van der Waals surface area contributed by atoms with Gasteiger partial charge in [-0.3, -0.25) is 14.7 Å². The van der Waals surface area contributed by atoms with E-state index in [9.17, 15) is 9.59 Å². The van der Waals surface area contributed by atoms with Crippen LogP contribution in [0.25, 0.3) is 10.9 Å². The minimum Gasteiger partial charge on any atom is -0.442 e. The molecule has 2 amide bonds. The molecule has 0 radical (unpaired) electrons. The van der Waals surface area contributed by atoms with Gasteiger partial charge in [0.1, 0.15) is 11.9 Å². The van der Waals surface area contributed by atoms with E-state index in [0.717, 1.165) is 29.7 Å². The van der Waals surface area contributed by atoms with Crippen molar-refractivity contribution in [2.75, 3.05) is 54.0 Å². The van der Waals surface area contributed by atoms with Crippen LogP contribution >= 0.6 is 11.6 Å². The van der Waals surface area contributed by atoms with Crippen LogP contribution in [0, 0.1) is 5.82 Å². The first-order chi connectivity index (χ1) is 16.9. The summed E-state index contributed by atoms with van der Waals surface area (Å²) >= 11 is 6.11. The molecule has 1 unspecified atom stereocenters. The molecule has 0 saturated carbocycles. The van der Waals surface area contributed by atoms with Crippen LogP contribution in [-0.2, 0) is 9.53 Å². The summed E-state index contributed by atoms with van der Waals surface area (Å²) < 4.78 is 20.4. The third-order valence-electron chi connectivity index (χ3n) is 6.34. The Balaban J connectivity index is 1.25. The zero-order valence-corrected chi connectivity index (χ0v) is 20.0. The van der Waals surface area contributed by atoms with E-state index in [1.54, 1.807) is 18.3 Å². The van der Waals surface area contributed by atoms with Gasteiger partial charge in [-0.1, -0.05) is 11.6 Å². The maximum absolute atomic E-state index is 15.1. The van der Waals surface area contributed by atoms with E-state index in [0.29, 0.717) is 29.5 Å². The Morgan fingerprint density at radius 2 is 1.86 bits per heavy atom. The Hall–Kier alpha value is -3.59. The Bertz CT molecular complexity index is 1280. The van der Waals surface area contributed by atoms with Crippen LogP contribution in [0.15, 0.2) is 48.7 Å². The lowest BCUT2D eigenvalue weighted by Crippen LogP contribution is -2.47. The van der Waals surface area contributed by atoms with E-state index in [4.69, 9.17) is 16.3 Å². The first-order valence-electron chi connectivity index (χ1n) is 11.5. The molecule has 0 bridgehead atoms. The molecule has 2 saturated heterocycles. The second-order valence-electron chi connectivity index (χ2n) is 8.65. The number of anilines is 3. The van der Waals surface area contributed by atoms with Crippen molar-refractivity contribution in [2.24, 2.45) is 0 Å². The zero-order valence-electron chi connectivity index (χ0n) is 19.2. The van der Waals surface area contributed by atoms with Crippen LogP contribution in [0.1, 0.15) is 6.92 Å². The fourth-order valence-electron chi connectivity index (χ4n) is 4.59. The highest BCUT2D eigenvalue weighted by atomic mass is 35.5. The molecular weight excluding hydrogens is 473 g/mol. The van der Waals surface area contributed by atoms with Crippen molar-refractivity contribution in [3.05, 3.63) is 59.5 Å². The van der Waals surface area contributed by atoms with Gasteiger partial charge in [0.05, 0.1) is 30.0 Å². The molecule has 3 heterocycles. The summed E-state index contributed by atoms with van der Waals surface area (Å²) in [6.45, 7) is 4.64. The number of amides is 2. The van der Waals surface area contributed by atoms with Crippen LogP contribution in [0.3, 0.4) is 0 Å². The molecule has 0 spiro atoms. The summed E-state index contributed by atoms with van der Waals surface area (Å²) in [5, 5.41) is 4.32. The number of hydrogen-bond acceptors (Lipinski definition) is 6. The van der Waals surface area contributed by atoms with Gasteiger partial charge in [-0.15, -0.1) is 0 Å². The molecule has 2 aromatic carbocycles. The fourth-order valence-corrected chi connectivity index (χ4v) is 4.75. The average Bonchev–Trinajstić information content (AvgIpc) is 3.22. The Labute approximate surface area is 207 Å². The van der Waals surface area contributed by atoms with Crippen LogP contribution < -0.4 is 20.0 Å². The van der Waals surface area contributed by atoms with Crippen molar-refractivity contribution in [3.63, 3.8) is 0 Å². The lowest BCUT2D eigenvalue weighted by atomic mass is 10.1. The molecule has 8 nitrogen and oxygen atoms in total. The quantitative estimate of drug-likeness (QED) is 0.577. The average molecular weight is 498 g/mol. The number of hydrogen-bond donors (Lipinski definition) is 1. The summed E-state index contributed by atoms with van der Waals surface area (Å²) in [7, 11) is 0. The number of piperazine rings is 1. The second-order valence-corrected chi connectivity index (χ2v) is 9.09. The maximum atomic E-state index is 15.1. The number of benzene rings is 2. The molecule has 5 rings (SSSR count). The van der Waals surface area contributed by atoms with Crippen molar-refractivity contribution in [3.8, 4) is 0 Å². The predicted molar refractivity (Wildman–Crippen MR) is 134 cm³/mol. The SMILES string of the molecule is CC(=O)NCC1CN(c2ccc(N3CCN(c4ccnc5cc(Cl)ccc45)CC3)c(F)c2)C(=O)O1. The van der Waals surface area contributed by atoms with E-state index in [2.05, 4.69) is 15.2 Å². The number of nitrogens with zero attached hydrogens (tertiary/aromatic N) is 4. The minimum absolute atomic E-state index is 0.198. The summed E-state index contributed by atoms with van der Waals surface area (Å²) in [6, 6.07) is 12.5. The summed E-state index contributed by atoms with van der Waals surface area (Å²) in [5.41, 5.74) is 2.87. The van der Waals surface area contributed by atoms with E-state index < -0.39 is 18.0 Å². The normalized spacial score (nSPS) is 18.2. The monoisotopic (exact) mass is 497 g/mol. The van der Waals surface area contributed by atoms with Crippen molar-refractivity contribution in [1.82, 2.24) is 10.3 Å². The molecule has 1 aromatic heterocycles. The fraction of sp³-hybridized carbons (Fsp3) is 0.320. The third kappa shape index (κ3) is 4.81. The first-order valence-corrected chi connectivity index (χ1v) is 11.8. The number of nitrogens with one attached hydrogen (secondary N) is 1. The Kier molecular flexibility index (Phi) is 6.34. The Morgan fingerprint density at radius 3 is 2.57 bits per heavy atom. The van der Waals surface area contributed by atoms with Gasteiger partial charge in [0, 0.05) is 55.4 Å². The molecule has 3 aromatic rings. The van der Waals surface area contributed by atoms with Gasteiger partial charge in [-0.2, -0.15) is 0 Å². The molecular formula is C25H25ClFN5O3. The molecule has 182 valence electrons. The van der Waals surface area contributed by atoms with E-state index in [-0.39, 0.29) is 19.0 Å². The maximum Gasteiger partial charge on any atom is 0.414 e. The standard InChI is InChI=1S/C25H25ClFN5O3/c1-16(33)29-14-19-15-32(25(34)35-19)18-3-5-24(21(27)13-18)31-10-8-30(9-11-31)23-6-7-28-22-12-17(26)2-4-20(22)23/h2-7,12-13,19H,8-11,14-15H2,1H3,(H,29,33). The van der Waals surface area contributed by atoms with Crippen LogP contribution in [-0.4, -0.2) is 62.4 Å². The topological polar surface area (TPSA) is 78.0 Å². The van der Waals surface area contributed by atoms with Crippen LogP contribution in [0.5, 0.6) is 0 Å². The van der Waals surface area contributed by atoms with Gasteiger partial charge in [-0.05, 0) is 42.5 Å². The number of ether oxygens (including phenoxy) is 1. The number of carbonyl (C=O) groups excluding carboxylic acids is 2. The lowest BCUT2D eigenvalue weighted by Gasteiger charge is -2.38. The number of carbonyl (C=O) groups is 2. The molecule has 35 heavy (non-hydrogen) atoms. The van der Waals surface area contributed by atoms with E-state index >= 15 is 4.39 Å². The molecule has 2 aliphatic rings. The number of cyclic esters (lactones) is 1. The smallest absolute Gasteiger partial charge is 0.414 e. The Morgan fingerprint density at radius 1 is 1.11 bits per heavy atom. The third-order valence-corrected chi connectivity index (χ3v) is 6.57. The zero-order chi connectivity index (χ0) is 24.5. The first kappa shape index (κ1) is 23.2. The summed E-state index contributed by atoms with van der Waals surface area (Å²) in [4.78, 5) is 33.4. The van der Waals surface area contributed by atoms with Crippen molar-refractivity contribution >= 4 is 51.6 Å². The van der Waals surface area contributed by atoms with Gasteiger partial charge >= 0.3 is 6.09 Å². The number of halogens is 2. The number of aromatic nitrogens is 1. The molecule has 1 atom stereocenters. The van der Waals surface area contributed by atoms with E-state index in [1.165, 1.54) is 17.9 Å². The van der Waals surface area contributed by atoms with Gasteiger partial charge in [-0.25, -0.2) is 9.18 Å². The van der Waals surface area contributed by atoms with Gasteiger partial charge in [0.15, 0.2) is 0 Å². The van der Waals surface area contributed by atoms with Crippen molar-refractivity contribution < 1.29 is 18.7 Å². The van der Waals surface area contributed by atoms with Crippen molar-refractivity contribution in [1.29, 1.82) is 0 Å². The second kappa shape index (κ2) is 9.58. The molecule has 2 fully saturated rings. The summed E-state index contributed by atoms with van der Waals surface area (Å²) in [6.07, 6.45) is 0.762. The van der Waals surface area contributed by atoms with E-state index in [1.807, 2.05) is 29.2 Å². The lowest BCUT2D eigenvalue weighted by molar-refractivity contribution is -0.119. The number of pyridine rings is 1. The molecule has 1 N–H and O–H groups in total.